The fraction of sp³-hybridized carbons (Fsp3) is 0.333. The van der Waals surface area contributed by atoms with E-state index in [1.165, 1.54) is 0 Å². The minimum Gasteiger partial charge on any atom is -0.302 e. The van der Waals surface area contributed by atoms with Crippen molar-refractivity contribution in [3.05, 3.63) is 30.1 Å². The highest BCUT2D eigenvalue weighted by Gasteiger charge is 2.19. The summed E-state index contributed by atoms with van der Waals surface area (Å²) in [5.41, 5.74) is 0.358. The van der Waals surface area contributed by atoms with E-state index in [1.807, 2.05) is 32.0 Å². The van der Waals surface area contributed by atoms with Crippen LogP contribution < -0.4 is 0 Å². The van der Waals surface area contributed by atoms with Gasteiger partial charge in [-0.2, -0.15) is 0 Å². The summed E-state index contributed by atoms with van der Waals surface area (Å²) in [5.74, 6) is 0. The van der Waals surface area contributed by atoms with Crippen molar-refractivity contribution in [2.75, 3.05) is 0 Å². The summed E-state index contributed by atoms with van der Waals surface area (Å²) in [6, 6.07) is 5.58. The van der Waals surface area contributed by atoms with Crippen molar-refractivity contribution in [2.24, 2.45) is 0 Å². The third-order valence-electron chi connectivity index (χ3n) is 1.62. The standard InChI is InChI=1S/C9H11NO/c1-9(2,7-11)8-5-3-4-6-10-8/h3-7H,1-2H3. The number of aldehydes is 1. The SMILES string of the molecule is CC(C)(C=O)c1ccccn1. The Morgan fingerprint density at radius 3 is 2.64 bits per heavy atom. The Labute approximate surface area is 66.3 Å². The lowest BCUT2D eigenvalue weighted by Crippen LogP contribution is -2.19. The molecule has 11 heavy (non-hydrogen) atoms. The Bertz CT molecular complexity index is 241. The molecule has 0 aliphatic rings. The highest BCUT2D eigenvalue weighted by Crippen LogP contribution is 2.16. The molecule has 0 saturated heterocycles. The highest BCUT2D eigenvalue weighted by atomic mass is 16.1. The molecule has 0 fully saturated rings. The first kappa shape index (κ1) is 7.92. The highest BCUT2D eigenvalue weighted by molar-refractivity contribution is 5.65. The van der Waals surface area contributed by atoms with Gasteiger partial charge in [0.15, 0.2) is 0 Å². The zero-order valence-corrected chi connectivity index (χ0v) is 6.74. The van der Waals surface area contributed by atoms with Crippen molar-refractivity contribution in [1.29, 1.82) is 0 Å². The number of aromatic nitrogens is 1. The van der Waals surface area contributed by atoms with Crippen molar-refractivity contribution in [3.63, 3.8) is 0 Å². The largest absolute Gasteiger partial charge is 0.302 e. The molecule has 0 aliphatic heterocycles. The van der Waals surface area contributed by atoms with Crippen LogP contribution in [0.25, 0.3) is 0 Å². The molecule has 0 amide bonds. The Kier molecular flexibility index (Phi) is 2.03. The molecule has 0 aromatic carbocycles. The first-order chi connectivity index (χ1) is 5.17. The fourth-order valence-corrected chi connectivity index (χ4v) is 0.804. The Hall–Kier alpha value is -1.18. The van der Waals surface area contributed by atoms with Gasteiger partial charge < -0.3 is 4.79 Å². The van der Waals surface area contributed by atoms with Gasteiger partial charge in [-0.25, -0.2) is 0 Å². The van der Waals surface area contributed by atoms with Crippen molar-refractivity contribution in [2.45, 2.75) is 19.3 Å². The number of nitrogens with zero attached hydrogens (tertiary/aromatic N) is 1. The van der Waals surface area contributed by atoms with Gasteiger partial charge in [0.2, 0.25) is 0 Å². The predicted molar refractivity (Wildman–Crippen MR) is 43.3 cm³/mol. The number of pyridine rings is 1. The van der Waals surface area contributed by atoms with Crippen LogP contribution in [0.3, 0.4) is 0 Å². The maximum Gasteiger partial charge on any atom is 0.131 e. The van der Waals surface area contributed by atoms with Crippen LogP contribution >= 0.6 is 0 Å². The molecule has 0 aliphatic carbocycles. The van der Waals surface area contributed by atoms with Crippen molar-refractivity contribution in [3.8, 4) is 0 Å². The molecule has 1 heterocycles. The van der Waals surface area contributed by atoms with Crippen LogP contribution in [0.15, 0.2) is 24.4 Å². The quantitative estimate of drug-likeness (QED) is 0.597. The van der Waals surface area contributed by atoms with Gasteiger partial charge in [-0.3, -0.25) is 4.98 Å². The van der Waals surface area contributed by atoms with E-state index < -0.39 is 5.41 Å². The smallest absolute Gasteiger partial charge is 0.131 e. The maximum absolute atomic E-state index is 10.6. The van der Waals surface area contributed by atoms with E-state index in [0.717, 1.165) is 12.0 Å². The van der Waals surface area contributed by atoms with Gasteiger partial charge in [0.25, 0.3) is 0 Å². The second-order valence-corrected chi connectivity index (χ2v) is 3.05. The molecular formula is C9H11NO. The van der Waals surface area contributed by atoms with Crippen LogP contribution in [0.2, 0.25) is 0 Å². The summed E-state index contributed by atoms with van der Waals surface area (Å²) in [7, 11) is 0. The second-order valence-electron chi connectivity index (χ2n) is 3.05. The van der Waals surface area contributed by atoms with E-state index >= 15 is 0 Å². The van der Waals surface area contributed by atoms with Crippen LogP contribution in [0.4, 0.5) is 0 Å². The van der Waals surface area contributed by atoms with Crippen LogP contribution in [0.5, 0.6) is 0 Å². The summed E-state index contributed by atoms with van der Waals surface area (Å²) >= 11 is 0. The van der Waals surface area contributed by atoms with Crippen LogP contribution in [0.1, 0.15) is 19.5 Å². The molecule has 2 nitrogen and oxygen atoms in total. The van der Waals surface area contributed by atoms with E-state index in [4.69, 9.17) is 0 Å². The van der Waals surface area contributed by atoms with E-state index in [1.54, 1.807) is 6.20 Å². The van der Waals surface area contributed by atoms with Gasteiger partial charge in [-0.15, -0.1) is 0 Å². The number of carbonyl (C=O) groups excluding carboxylic acids is 1. The molecule has 1 aromatic rings. The average Bonchev–Trinajstić information content (AvgIpc) is 2.06. The van der Waals surface area contributed by atoms with Crippen LogP contribution in [-0.2, 0) is 10.2 Å². The van der Waals surface area contributed by atoms with Crippen LogP contribution in [0, 0.1) is 0 Å². The Morgan fingerprint density at radius 2 is 2.18 bits per heavy atom. The summed E-state index contributed by atoms with van der Waals surface area (Å²) < 4.78 is 0. The Morgan fingerprint density at radius 1 is 1.45 bits per heavy atom. The third-order valence-corrected chi connectivity index (χ3v) is 1.62. The number of carbonyl (C=O) groups is 1. The first-order valence-electron chi connectivity index (χ1n) is 3.54. The third kappa shape index (κ3) is 1.64. The molecule has 0 unspecified atom stereocenters. The maximum atomic E-state index is 10.6. The lowest BCUT2D eigenvalue weighted by molar-refractivity contribution is -0.111. The first-order valence-corrected chi connectivity index (χ1v) is 3.54. The van der Waals surface area contributed by atoms with E-state index in [0.29, 0.717) is 0 Å². The summed E-state index contributed by atoms with van der Waals surface area (Å²) in [6.45, 7) is 3.70. The number of rotatable bonds is 2. The second kappa shape index (κ2) is 2.82. The minimum atomic E-state index is -0.457. The van der Waals surface area contributed by atoms with E-state index in [9.17, 15) is 4.79 Å². The molecule has 0 spiro atoms. The van der Waals surface area contributed by atoms with Gasteiger partial charge in [0.1, 0.15) is 6.29 Å². The number of hydrogen-bond acceptors (Lipinski definition) is 2. The molecule has 0 N–H and O–H groups in total. The van der Waals surface area contributed by atoms with Gasteiger partial charge in [-0.1, -0.05) is 6.07 Å². The van der Waals surface area contributed by atoms with Crippen molar-refractivity contribution < 1.29 is 4.79 Å². The molecule has 1 rings (SSSR count). The molecule has 0 bridgehead atoms. The van der Waals surface area contributed by atoms with Gasteiger partial charge in [-0.05, 0) is 26.0 Å². The molecule has 58 valence electrons. The van der Waals surface area contributed by atoms with E-state index in [-0.39, 0.29) is 0 Å². The summed E-state index contributed by atoms with van der Waals surface area (Å²) in [4.78, 5) is 14.7. The van der Waals surface area contributed by atoms with Gasteiger partial charge >= 0.3 is 0 Å². The normalized spacial score (nSPS) is 11.1. The van der Waals surface area contributed by atoms with E-state index in [2.05, 4.69) is 4.98 Å². The molecule has 2 heteroatoms. The van der Waals surface area contributed by atoms with Crippen molar-refractivity contribution in [1.82, 2.24) is 4.98 Å². The lowest BCUT2D eigenvalue weighted by atomic mass is 9.91. The summed E-state index contributed by atoms with van der Waals surface area (Å²) in [5, 5.41) is 0. The molecule has 0 radical (unpaired) electrons. The molecular weight excluding hydrogens is 138 g/mol. The molecule has 0 saturated carbocycles. The monoisotopic (exact) mass is 149 g/mol. The topological polar surface area (TPSA) is 30.0 Å². The zero-order valence-electron chi connectivity index (χ0n) is 6.74. The Balaban J connectivity index is 3.02. The van der Waals surface area contributed by atoms with Gasteiger partial charge in [0, 0.05) is 6.20 Å². The average molecular weight is 149 g/mol. The minimum absolute atomic E-state index is 0.457. The summed E-state index contributed by atoms with van der Waals surface area (Å²) in [6.07, 6.45) is 2.61. The fourth-order valence-electron chi connectivity index (χ4n) is 0.804. The predicted octanol–water partition coefficient (Wildman–Crippen LogP) is 1.56. The molecule has 1 aromatic heterocycles. The molecule has 0 atom stereocenters. The van der Waals surface area contributed by atoms with Crippen LogP contribution in [-0.4, -0.2) is 11.3 Å². The van der Waals surface area contributed by atoms with Crippen molar-refractivity contribution >= 4 is 6.29 Å². The van der Waals surface area contributed by atoms with Gasteiger partial charge in [0.05, 0.1) is 11.1 Å². The lowest BCUT2D eigenvalue weighted by Gasteiger charge is -2.14. The number of hydrogen-bond donors (Lipinski definition) is 0. The zero-order chi connectivity index (χ0) is 8.32.